The standard InChI is InChI=1S/C12H25NO3S/c1-2-17(15,16)10-6-9-13-11-7-4-3-5-8-12(11)14/h11-14H,2-10H2,1H3. The van der Waals surface area contributed by atoms with Crippen LogP contribution in [0.2, 0.25) is 0 Å². The van der Waals surface area contributed by atoms with Crippen molar-refractivity contribution in [2.45, 2.75) is 57.6 Å². The maximum atomic E-state index is 11.3. The fourth-order valence-electron chi connectivity index (χ4n) is 2.25. The Morgan fingerprint density at radius 1 is 1.24 bits per heavy atom. The fourth-order valence-corrected chi connectivity index (χ4v) is 3.12. The highest BCUT2D eigenvalue weighted by atomic mass is 32.2. The van der Waals surface area contributed by atoms with E-state index in [-0.39, 0.29) is 23.7 Å². The molecule has 0 aromatic rings. The molecule has 4 nitrogen and oxygen atoms in total. The van der Waals surface area contributed by atoms with E-state index in [4.69, 9.17) is 0 Å². The Bertz CT molecular complexity index is 303. The smallest absolute Gasteiger partial charge is 0.150 e. The Labute approximate surface area is 105 Å². The average molecular weight is 263 g/mol. The molecule has 0 spiro atoms. The van der Waals surface area contributed by atoms with Gasteiger partial charge >= 0.3 is 0 Å². The van der Waals surface area contributed by atoms with Crippen molar-refractivity contribution in [1.29, 1.82) is 0 Å². The van der Waals surface area contributed by atoms with Crippen LogP contribution in [0.4, 0.5) is 0 Å². The lowest BCUT2D eigenvalue weighted by Gasteiger charge is -2.21. The van der Waals surface area contributed by atoms with E-state index in [1.54, 1.807) is 6.92 Å². The van der Waals surface area contributed by atoms with Crippen LogP contribution in [0.15, 0.2) is 0 Å². The molecule has 1 fully saturated rings. The van der Waals surface area contributed by atoms with Crippen molar-refractivity contribution in [1.82, 2.24) is 5.32 Å². The quantitative estimate of drug-likeness (QED) is 0.556. The first kappa shape index (κ1) is 14.9. The van der Waals surface area contributed by atoms with Crippen molar-refractivity contribution in [3.8, 4) is 0 Å². The van der Waals surface area contributed by atoms with E-state index < -0.39 is 9.84 Å². The van der Waals surface area contributed by atoms with E-state index >= 15 is 0 Å². The molecule has 0 bridgehead atoms. The van der Waals surface area contributed by atoms with E-state index in [0.717, 1.165) is 25.7 Å². The van der Waals surface area contributed by atoms with Crippen LogP contribution in [0, 0.1) is 0 Å². The molecular weight excluding hydrogens is 238 g/mol. The van der Waals surface area contributed by atoms with Crippen molar-refractivity contribution >= 4 is 9.84 Å². The van der Waals surface area contributed by atoms with Gasteiger partial charge in [-0.15, -0.1) is 0 Å². The van der Waals surface area contributed by atoms with Crippen molar-refractivity contribution in [2.24, 2.45) is 0 Å². The number of hydrogen-bond acceptors (Lipinski definition) is 4. The zero-order valence-electron chi connectivity index (χ0n) is 10.7. The molecule has 2 atom stereocenters. The van der Waals surface area contributed by atoms with Gasteiger partial charge in [0.15, 0.2) is 0 Å². The third kappa shape index (κ3) is 5.84. The first-order valence-electron chi connectivity index (χ1n) is 6.67. The Balaban J connectivity index is 2.21. The highest BCUT2D eigenvalue weighted by Crippen LogP contribution is 2.17. The lowest BCUT2D eigenvalue weighted by atomic mass is 10.1. The van der Waals surface area contributed by atoms with Crippen LogP contribution in [0.3, 0.4) is 0 Å². The van der Waals surface area contributed by atoms with Gasteiger partial charge in [-0.1, -0.05) is 26.2 Å². The molecule has 2 unspecified atom stereocenters. The van der Waals surface area contributed by atoms with E-state index in [2.05, 4.69) is 5.32 Å². The molecule has 1 saturated carbocycles. The normalized spacial score (nSPS) is 26.7. The fraction of sp³-hybridized carbons (Fsp3) is 1.00. The molecular formula is C12H25NO3S. The van der Waals surface area contributed by atoms with Crippen molar-refractivity contribution in [3.63, 3.8) is 0 Å². The number of sulfone groups is 1. The molecule has 1 aliphatic rings. The third-order valence-electron chi connectivity index (χ3n) is 3.46. The Kier molecular flexibility index (Phi) is 6.44. The van der Waals surface area contributed by atoms with Gasteiger partial charge in [0.2, 0.25) is 0 Å². The highest BCUT2D eigenvalue weighted by Gasteiger charge is 2.20. The SMILES string of the molecule is CCS(=O)(=O)CCCNC1CCCCCC1O. The number of aliphatic hydroxyl groups excluding tert-OH is 1. The zero-order valence-corrected chi connectivity index (χ0v) is 11.5. The molecule has 1 rings (SSSR count). The summed E-state index contributed by atoms with van der Waals surface area (Å²) >= 11 is 0. The van der Waals surface area contributed by atoms with Gasteiger partial charge in [0, 0.05) is 11.8 Å². The molecule has 0 heterocycles. The van der Waals surface area contributed by atoms with Crippen LogP contribution < -0.4 is 5.32 Å². The third-order valence-corrected chi connectivity index (χ3v) is 5.25. The molecule has 102 valence electrons. The lowest BCUT2D eigenvalue weighted by molar-refractivity contribution is 0.120. The van der Waals surface area contributed by atoms with Gasteiger partial charge in [-0.25, -0.2) is 8.42 Å². The molecule has 17 heavy (non-hydrogen) atoms. The molecule has 0 saturated heterocycles. The molecule has 0 aromatic carbocycles. The van der Waals surface area contributed by atoms with E-state index in [0.29, 0.717) is 13.0 Å². The van der Waals surface area contributed by atoms with Crippen LogP contribution in [-0.2, 0) is 9.84 Å². The summed E-state index contributed by atoms with van der Waals surface area (Å²) in [6.45, 7) is 2.36. The van der Waals surface area contributed by atoms with Crippen LogP contribution in [0.25, 0.3) is 0 Å². The Morgan fingerprint density at radius 3 is 2.65 bits per heavy atom. The molecule has 0 radical (unpaired) electrons. The van der Waals surface area contributed by atoms with Gasteiger partial charge in [-0.2, -0.15) is 0 Å². The van der Waals surface area contributed by atoms with Crippen molar-refractivity contribution < 1.29 is 13.5 Å². The largest absolute Gasteiger partial charge is 0.392 e. The predicted octanol–water partition coefficient (Wildman–Crippen LogP) is 1.09. The van der Waals surface area contributed by atoms with Crippen LogP contribution in [0.5, 0.6) is 0 Å². The molecule has 0 aliphatic heterocycles. The summed E-state index contributed by atoms with van der Waals surface area (Å²) in [5.74, 6) is 0.471. The minimum Gasteiger partial charge on any atom is -0.392 e. The second-order valence-corrected chi connectivity index (χ2v) is 7.33. The monoisotopic (exact) mass is 263 g/mol. The summed E-state index contributed by atoms with van der Waals surface area (Å²) in [5, 5.41) is 13.2. The zero-order chi connectivity index (χ0) is 12.7. The van der Waals surface area contributed by atoms with Gasteiger partial charge in [-0.3, -0.25) is 0 Å². The summed E-state index contributed by atoms with van der Waals surface area (Å²) in [5.41, 5.74) is 0. The van der Waals surface area contributed by atoms with Crippen molar-refractivity contribution in [2.75, 3.05) is 18.1 Å². The summed E-state index contributed by atoms with van der Waals surface area (Å²) in [7, 11) is -2.85. The van der Waals surface area contributed by atoms with Gasteiger partial charge in [0.25, 0.3) is 0 Å². The minimum absolute atomic E-state index is 0.154. The molecule has 5 heteroatoms. The van der Waals surface area contributed by atoms with E-state index in [1.807, 2.05) is 0 Å². The first-order valence-corrected chi connectivity index (χ1v) is 8.49. The first-order chi connectivity index (χ1) is 8.05. The summed E-state index contributed by atoms with van der Waals surface area (Å²) in [4.78, 5) is 0. The Morgan fingerprint density at radius 2 is 1.94 bits per heavy atom. The lowest BCUT2D eigenvalue weighted by Crippen LogP contribution is -2.40. The maximum absolute atomic E-state index is 11.3. The minimum atomic E-state index is -2.85. The maximum Gasteiger partial charge on any atom is 0.150 e. The molecule has 2 N–H and O–H groups in total. The predicted molar refractivity (Wildman–Crippen MR) is 69.8 cm³/mol. The number of rotatable bonds is 6. The number of hydrogen-bond donors (Lipinski definition) is 2. The van der Waals surface area contributed by atoms with Gasteiger partial charge in [-0.05, 0) is 25.8 Å². The second-order valence-electron chi connectivity index (χ2n) is 4.86. The topological polar surface area (TPSA) is 66.4 Å². The summed E-state index contributed by atoms with van der Waals surface area (Å²) in [6, 6.07) is 0.154. The van der Waals surface area contributed by atoms with Crippen LogP contribution >= 0.6 is 0 Å². The molecule has 0 amide bonds. The van der Waals surface area contributed by atoms with Crippen molar-refractivity contribution in [3.05, 3.63) is 0 Å². The highest BCUT2D eigenvalue weighted by molar-refractivity contribution is 7.91. The average Bonchev–Trinajstić information content (AvgIpc) is 2.50. The van der Waals surface area contributed by atoms with E-state index in [1.165, 1.54) is 6.42 Å². The summed E-state index contributed by atoms with van der Waals surface area (Å²) < 4.78 is 22.6. The molecule has 1 aliphatic carbocycles. The Hall–Kier alpha value is -0.130. The number of aliphatic hydroxyl groups is 1. The second kappa shape index (κ2) is 7.34. The summed E-state index contributed by atoms with van der Waals surface area (Å²) in [6.07, 6.45) is 5.69. The van der Waals surface area contributed by atoms with Crippen LogP contribution in [0.1, 0.15) is 45.4 Å². The van der Waals surface area contributed by atoms with E-state index in [9.17, 15) is 13.5 Å². The number of nitrogens with one attached hydrogen (secondary N) is 1. The van der Waals surface area contributed by atoms with Crippen LogP contribution in [-0.4, -0.2) is 43.7 Å². The van der Waals surface area contributed by atoms with Gasteiger partial charge in [0.1, 0.15) is 9.84 Å². The van der Waals surface area contributed by atoms with Gasteiger partial charge in [0.05, 0.1) is 11.9 Å². The molecule has 0 aromatic heterocycles. The van der Waals surface area contributed by atoms with Gasteiger partial charge < -0.3 is 10.4 Å².